The second-order valence-electron chi connectivity index (χ2n) is 7.37. The van der Waals surface area contributed by atoms with Crippen molar-refractivity contribution in [2.75, 3.05) is 0 Å². The second-order valence-corrected chi connectivity index (χ2v) is 7.37. The molecule has 0 saturated heterocycles. The maximum Gasteiger partial charge on any atom is 0.225 e. The molecule has 0 bridgehead atoms. The summed E-state index contributed by atoms with van der Waals surface area (Å²) in [5, 5.41) is 9.85. The van der Waals surface area contributed by atoms with Gasteiger partial charge in [-0.05, 0) is 35.2 Å². The van der Waals surface area contributed by atoms with Gasteiger partial charge >= 0.3 is 0 Å². The first-order valence-electron chi connectivity index (χ1n) is 10.3. The van der Waals surface area contributed by atoms with Gasteiger partial charge in [0.05, 0.1) is 6.61 Å². The molecule has 1 N–H and O–H groups in total. The Morgan fingerprint density at radius 3 is 2.00 bits per heavy atom. The van der Waals surface area contributed by atoms with E-state index in [0.29, 0.717) is 25.0 Å². The molecule has 1 heterocycles. The van der Waals surface area contributed by atoms with Crippen LogP contribution in [0.3, 0.4) is 0 Å². The van der Waals surface area contributed by atoms with E-state index in [9.17, 15) is 5.11 Å². The molecule has 0 radical (unpaired) electrons. The molecular weight excluding hydrogens is 386 g/mol. The largest absolute Gasteiger partial charge is 0.473 e. The second kappa shape index (κ2) is 9.92. The molecule has 0 fully saturated rings. The van der Waals surface area contributed by atoms with Gasteiger partial charge in [-0.15, -0.1) is 0 Å². The van der Waals surface area contributed by atoms with E-state index in [1.54, 1.807) is 0 Å². The standard InChI is InChI=1S/C27H25NO3/c1-20-12-13-23(17-29)25(16-20)24-14-15-26(30-18-21-8-4-2-5-9-21)28-27(24)31-19-22-10-6-3-7-11-22/h2-16,29H,17-19H2,1H3. The minimum absolute atomic E-state index is 0.0556. The van der Waals surface area contributed by atoms with Crippen LogP contribution in [-0.4, -0.2) is 10.1 Å². The van der Waals surface area contributed by atoms with Gasteiger partial charge in [0.25, 0.3) is 0 Å². The van der Waals surface area contributed by atoms with E-state index in [1.807, 2.05) is 97.9 Å². The van der Waals surface area contributed by atoms with Crippen LogP contribution in [0.2, 0.25) is 0 Å². The number of benzene rings is 3. The molecule has 0 aliphatic carbocycles. The zero-order valence-electron chi connectivity index (χ0n) is 17.5. The lowest BCUT2D eigenvalue weighted by Gasteiger charge is -2.15. The molecule has 4 nitrogen and oxygen atoms in total. The Hall–Kier alpha value is -3.63. The highest BCUT2D eigenvalue weighted by atomic mass is 16.5. The van der Waals surface area contributed by atoms with Crippen LogP contribution in [0.4, 0.5) is 0 Å². The zero-order valence-corrected chi connectivity index (χ0v) is 17.5. The van der Waals surface area contributed by atoms with Crippen molar-refractivity contribution >= 4 is 0 Å². The van der Waals surface area contributed by atoms with Crippen LogP contribution in [0.15, 0.2) is 91.0 Å². The van der Waals surface area contributed by atoms with Gasteiger partial charge in [-0.3, -0.25) is 0 Å². The van der Waals surface area contributed by atoms with Crippen molar-refractivity contribution in [1.29, 1.82) is 0 Å². The molecule has 4 heteroatoms. The van der Waals surface area contributed by atoms with E-state index in [2.05, 4.69) is 4.98 Å². The van der Waals surface area contributed by atoms with Gasteiger partial charge in [-0.2, -0.15) is 4.98 Å². The lowest BCUT2D eigenvalue weighted by molar-refractivity contribution is 0.268. The Morgan fingerprint density at radius 1 is 0.710 bits per heavy atom. The van der Waals surface area contributed by atoms with Crippen LogP contribution in [0.1, 0.15) is 22.3 Å². The molecule has 31 heavy (non-hydrogen) atoms. The van der Waals surface area contributed by atoms with E-state index in [1.165, 1.54) is 0 Å². The molecule has 0 amide bonds. The van der Waals surface area contributed by atoms with Gasteiger partial charge in [-0.1, -0.05) is 84.4 Å². The Labute approximate surface area is 182 Å². The number of nitrogens with zero attached hydrogens (tertiary/aromatic N) is 1. The predicted molar refractivity (Wildman–Crippen MR) is 122 cm³/mol. The number of pyridine rings is 1. The predicted octanol–water partition coefficient (Wildman–Crippen LogP) is 5.71. The van der Waals surface area contributed by atoms with Crippen LogP contribution in [-0.2, 0) is 19.8 Å². The number of rotatable bonds is 8. The SMILES string of the molecule is Cc1ccc(CO)c(-c2ccc(OCc3ccccc3)nc2OCc2ccccc2)c1. The van der Waals surface area contributed by atoms with Crippen molar-refractivity contribution in [2.45, 2.75) is 26.7 Å². The highest BCUT2D eigenvalue weighted by Crippen LogP contribution is 2.34. The molecule has 0 unspecified atom stereocenters. The average Bonchev–Trinajstić information content (AvgIpc) is 2.83. The van der Waals surface area contributed by atoms with Crippen LogP contribution >= 0.6 is 0 Å². The first-order chi connectivity index (χ1) is 15.2. The minimum Gasteiger partial charge on any atom is -0.473 e. The lowest BCUT2D eigenvalue weighted by atomic mass is 9.98. The summed E-state index contributed by atoms with van der Waals surface area (Å²) in [6, 6.07) is 29.7. The molecule has 4 aromatic rings. The molecule has 0 spiro atoms. The summed E-state index contributed by atoms with van der Waals surface area (Å²) in [6.45, 7) is 2.79. The number of hydrogen-bond acceptors (Lipinski definition) is 4. The van der Waals surface area contributed by atoms with Gasteiger partial charge in [0.2, 0.25) is 11.8 Å². The van der Waals surface area contributed by atoms with Crippen LogP contribution < -0.4 is 9.47 Å². The topological polar surface area (TPSA) is 51.6 Å². The number of aliphatic hydroxyl groups excluding tert-OH is 1. The molecular formula is C27H25NO3. The summed E-state index contributed by atoms with van der Waals surface area (Å²) in [5.41, 5.74) is 5.79. The van der Waals surface area contributed by atoms with Gasteiger partial charge < -0.3 is 14.6 Å². The number of aryl methyl sites for hydroxylation is 1. The first kappa shape index (κ1) is 20.6. The smallest absolute Gasteiger partial charge is 0.225 e. The maximum absolute atomic E-state index is 9.85. The van der Waals surface area contributed by atoms with E-state index < -0.39 is 0 Å². The lowest BCUT2D eigenvalue weighted by Crippen LogP contribution is -2.03. The molecule has 156 valence electrons. The fraction of sp³-hybridized carbons (Fsp3) is 0.148. The van der Waals surface area contributed by atoms with E-state index >= 15 is 0 Å². The zero-order chi connectivity index (χ0) is 21.5. The molecule has 3 aromatic carbocycles. The molecule has 0 aliphatic rings. The van der Waals surface area contributed by atoms with Gasteiger partial charge in [0.15, 0.2) is 0 Å². The minimum atomic E-state index is -0.0556. The Bertz CT molecular complexity index is 1130. The number of aliphatic hydroxyl groups is 1. The van der Waals surface area contributed by atoms with Crippen molar-refractivity contribution in [3.63, 3.8) is 0 Å². The number of hydrogen-bond donors (Lipinski definition) is 1. The highest BCUT2D eigenvalue weighted by Gasteiger charge is 2.14. The summed E-state index contributed by atoms with van der Waals surface area (Å²) in [5.74, 6) is 0.976. The highest BCUT2D eigenvalue weighted by molar-refractivity contribution is 5.73. The van der Waals surface area contributed by atoms with Crippen molar-refractivity contribution in [2.24, 2.45) is 0 Å². The molecule has 4 rings (SSSR count). The fourth-order valence-corrected chi connectivity index (χ4v) is 3.36. The monoisotopic (exact) mass is 411 g/mol. The Balaban J connectivity index is 1.65. The Kier molecular flexibility index (Phi) is 6.60. The normalized spacial score (nSPS) is 10.6. The van der Waals surface area contributed by atoms with E-state index in [4.69, 9.17) is 9.47 Å². The van der Waals surface area contributed by atoms with Crippen LogP contribution in [0.25, 0.3) is 11.1 Å². The quantitative estimate of drug-likeness (QED) is 0.404. The van der Waals surface area contributed by atoms with Crippen molar-refractivity contribution < 1.29 is 14.6 Å². The molecule has 0 saturated carbocycles. The van der Waals surface area contributed by atoms with Crippen LogP contribution in [0, 0.1) is 6.92 Å². The number of ether oxygens (including phenoxy) is 2. The molecule has 0 aliphatic heterocycles. The van der Waals surface area contributed by atoms with Gasteiger partial charge in [-0.25, -0.2) is 0 Å². The summed E-state index contributed by atoms with van der Waals surface area (Å²) in [7, 11) is 0. The number of aromatic nitrogens is 1. The van der Waals surface area contributed by atoms with Gasteiger partial charge in [0, 0.05) is 11.6 Å². The third-order valence-corrected chi connectivity index (χ3v) is 5.01. The average molecular weight is 412 g/mol. The Morgan fingerprint density at radius 2 is 1.35 bits per heavy atom. The summed E-state index contributed by atoms with van der Waals surface area (Å²) in [6.07, 6.45) is 0. The first-order valence-corrected chi connectivity index (χ1v) is 10.3. The third-order valence-electron chi connectivity index (χ3n) is 5.01. The van der Waals surface area contributed by atoms with Crippen molar-refractivity contribution in [3.05, 3.63) is 113 Å². The molecule has 1 aromatic heterocycles. The van der Waals surface area contributed by atoms with Crippen molar-refractivity contribution in [1.82, 2.24) is 4.98 Å². The summed E-state index contributed by atoms with van der Waals surface area (Å²) >= 11 is 0. The summed E-state index contributed by atoms with van der Waals surface area (Å²) < 4.78 is 12.1. The molecule has 0 atom stereocenters. The van der Waals surface area contributed by atoms with E-state index in [-0.39, 0.29) is 6.61 Å². The van der Waals surface area contributed by atoms with E-state index in [0.717, 1.165) is 33.4 Å². The fourth-order valence-electron chi connectivity index (χ4n) is 3.36. The maximum atomic E-state index is 9.85. The summed E-state index contributed by atoms with van der Waals surface area (Å²) in [4.78, 5) is 4.66. The van der Waals surface area contributed by atoms with Crippen LogP contribution in [0.5, 0.6) is 11.8 Å². The van der Waals surface area contributed by atoms with Gasteiger partial charge in [0.1, 0.15) is 13.2 Å². The third kappa shape index (κ3) is 5.30. The van der Waals surface area contributed by atoms with Crippen molar-refractivity contribution in [3.8, 4) is 22.9 Å².